The van der Waals surface area contributed by atoms with E-state index in [0.29, 0.717) is 28.7 Å². The third kappa shape index (κ3) is 5.62. The van der Waals surface area contributed by atoms with Crippen molar-refractivity contribution in [1.29, 1.82) is 0 Å². The van der Waals surface area contributed by atoms with E-state index in [4.69, 9.17) is 4.74 Å². The summed E-state index contributed by atoms with van der Waals surface area (Å²) in [6, 6.07) is 14.8. The van der Waals surface area contributed by atoms with Crippen molar-refractivity contribution in [3.8, 4) is 16.3 Å². The van der Waals surface area contributed by atoms with E-state index in [2.05, 4.69) is 22.4 Å². The molecule has 1 aliphatic heterocycles. The van der Waals surface area contributed by atoms with Crippen molar-refractivity contribution >= 4 is 28.3 Å². The molecule has 0 radical (unpaired) electrons. The van der Waals surface area contributed by atoms with Crippen molar-refractivity contribution in [3.05, 3.63) is 59.7 Å². The number of rotatable bonds is 9. The highest BCUT2D eigenvalue weighted by atomic mass is 32.1. The Morgan fingerprint density at radius 2 is 1.97 bits per heavy atom. The van der Waals surface area contributed by atoms with Crippen LogP contribution in [-0.2, 0) is 11.2 Å². The highest BCUT2D eigenvalue weighted by molar-refractivity contribution is 7.18. The first-order chi connectivity index (χ1) is 16.6. The number of nitrogens with zero attached hydrogens (tertiary/aromatic N) is 3. The van der Waals surface area contributed by atoms with Crippen molar-refractivity contribution < 1.29 is 14.3 Å². The van der Waals surface area contributed by atoms with Gasteiger partial charge >= 0.3 is 0 Å². The van der Waals surface area contributed by atoms with Gasteiger partial charge in [0.05, 0.1) is 7.11 Å². The summed E-state index contributed by atoms with van der Waals surface area (Å²) in [6.07, 6.45) is 6.01. The minimum absolute atomic E-state index is 0.105. The molecule has 2 aromatic carbocycles. The molecule has 0 bridgehead atoms. The van der Waals surface area contributed by atoms with E-state index in [9.17, 15) is 9.59 Å². The molecule has 1 saturated heterocycles. The standard InChI is InChI=1S/C26H30N4O3S/c1-3-4-5-8-18-12-14-19(15-13-18)25(32)30-16-7-11-22(30)23(31)27-26-29-28-24(34-26)20-9-6-10-21(17-20)33-2/h6,9-10,12-15,17,22H,3-5,7-8,11,16H2,1-2H3,(H,27,29,31). The SMILES string of the molecule is CCCCCc1ccc(C(=O)N2CCCC2C(=O)Nc2nnc(-c3cccc(OC)c3)s2)cc1. The number of nitrogens with one attached hydrogen (secondary N) is 1. The average molecular weight is 479 g/mol. The number of unbranched alkanes of at least 4 members (excludes halogenated alkanes) is 2. The lowest BCUT2D eigenvalue weighted by molar-refractivity contribution is -0.119. The van der Waals surface area contributed by atoms with E-state index in [1.54, 1.807) is 12.0 Å². The molecule has 1 unspecified atom stereocenters. The third-order valence-corrected chi connectivity index (χ3v) is 6.95. The van der Waals surface area contributed by atoms with Crippen LogP contribution >= 0.6 is 11.3 Å². The second-order valence-corrected chi connectivity index (χ2v) is 9.42. The maximum atomic E-state index is 13.1. The number of anilines is 1. The van der Waals surface area contributed by atoms with Crippen molar-refractivity contribution in [3.63, 3.8) is 0 Å². The number of ether oxygens (including phenoxy) is 1. The third-order valence-electron chi connectivity index (χ3n) is 6.06. The molecule has 1 N–H and O–H groups in total. The van der Waals surface area contributed by atoms with Crippen molar-refractivity contribution in [1.82, 2.24) is 15.1 Å². The number of hydrogen-bond donors (Lipinski definition) is 1. The maximum Gasteiger partial charge on any atom is 0.254 e. The second kappa shape index (κ2) is 11.2. The van der Waals surface area contributed by atoms with Crippen molar-refractivity contribution in [2.45, 2.75) is 51.5 Å². The zero-order chi connectivity index (χ0) is 23.9. The maximum absolute atomic E-state index is 13.1. The van der Waals surface area contributed by atoms with Crippen LogP contribution < -0.4 is 10.1 Å². The number of methoxy groups -OCH3 is 1. The lowest BCUT2D eigenvalue weighted by atomic mass is 10.0. The Hall–Kier alpha value is -3.26. The average Bonchev–Trinajstić information content (AvgIpc) is 3.54. The summed E-state index contributed by atoms with van der Waals surface area (Å²) in [5, 5.41) is 12.3. The van der Waals surface area contributed by atoms with Crippen LogP contribution in [-0.4, -0.2) is 46.6 Å². The van der Waals surface area contributed by atoms with E-state index < -0.39 is 6.04 Å². The molecule has 7 nitrogen and oxygen atoms in total. The molecule has 3 aromatic rings. The van der Waals surface area contributed by atoms with E-state index >= 15 is 0 Å². The summed E-state index contributed by atoms with van der Waals surface area (Å²) in [5.41, 5.74) is 2.73. The fourth-order valence-corrected chi connectivity index (χ4v) is 4.92. The molecule has 1 aliphatic rings. The minimum atomic E-state index is -0.513. The summed E-state index contributed by atoms with van der Waals surface area (Å²) in [6.45, 7) is 2.76. The van der Waals surface area contributed by atoms with Crippen LogP contribution in [0.3, 0.4) is 0 Å². The van der Waals surface area contributed by atoms with E-state index in [1.165, 1.54) is 29.7 Å². The second-order valence-electron chi connectivity index (χ2n) is 8.44. The summed E-state index contributed by atoms with van der Waals surface area (Å²) in [7, 11) is 1.61. The molecule has 8 heteroatoms. The van der Waals surface area contributed by atoms with Crippen molar-refractivity contribution in [2.24, 2.45) is 0 Å². The largest absolute Gasteiger partial charge is 0.497 e. The van der Waals surface area contributed by atoms with Gasteiger partial charge in [-0.2, -0.15) is 0 Å². The lowest BCUT2D eigenvalue weighted by Gasteiger charge is -2.23. The van der Waals surface area contributed by atoms with Crippen LogP contribution in [0.4, 0.5) is 5.13 Å². The van der Waals surface area contributed by atoms with Gasteiger partial charge in [-0.3, -0.25) is 14.9 Å². The topological polar surface area (TPSA) is 84.4 Å². The highest BCUT2D eigenvalue weighted by Crippen LogP contribution is 2.29. The van der Waals surface area contributed by atoms with Gasteiger partial charge in [-0.05, 0) is 55.5 Å². The number of aromatic nitrogens is 2. The quantitative estimate of drug-likeness (QED) is 0.428. The van der Waals surface area contributed by atoms with Gasteiger partial charge in [0.25, 0.3) is 5.91 Å². The van der Waals surface area contributed by atoms with Crippen LogP contribution in [0.5, 0.6) is 5.75 Å². The Balaban J connectivity index is 1.39. The molecule has 0 aliphatic carbocycles. The Bertz CT molecular complexity index is 1130. The molecule has 4 rings (SSSR count). The van der Waals surface area contributed by atoms with E-state index in [-0.39, 0.29) is 11.8 Å². The van der Waals surface area contributed by atoms with Gasteiger partial charge in [0.15, 0.2) is 0 Å². The van der Waals surface area contributed by atoms with Gasteiger partial charge in [0.2, 0.25) is 11.0 Å². The Morgan fingerprint density at radius 1 is 1.15 bits per heavy atom. The number of amides is 2. The number of aryl methyl sites for hydroxylation is 1. The monoisotopic (exact) mass is 478 g/mol. The van der Waals surface area contributed by atoms with Crippen molar-refractivity contribution in [2.75, 3.05) is 19.0 Å². The van der Waals surface area contributed by atoms with Gasteiger partial charge in [0.1, 0.15) is 16.8 Å². The summed E-state index contributed by atoms with van der Waals surface area (Å²) in [5.74, 6) is 0.398. The predicted octanol–water partition coefficient (Wildman–Crippen LogP) is 5.19. The van der Waals surface area contributed by atoms with Crippen LogP contribution in [0.1, 0.15) is 54.9 Å². The number of hydrogen-bond acceptors (Lipinski definition) is 6. The van der Waals surface area contributed by atoms with Gasteiger partial charge in [-0.25, -0.2) is 0 Å². The lowest BCUT2D eigenvalue weighted by Crippen LogP contribution is -2.43. The molecule has 34 heavy (non-hydrogen) atoms. The Kier molecular flexibility index (Phi) is 7.90. The van der Waals surface area contributed by atoms with Crippen LogP contribution in [0.15, 0.2) is 48.5 Å². The molecule has 2 heterocycles. The van der Waals surface area contributed by atoms with Gasteiger partial charge in [-0.15, -0.1) is 10.2 Å². The first kappa shape index (κ1) is 23.9. The molecule has 0 saturated carbocycles. The number of benzene rings is 2. The minimum Gasteiger partial charge on any atom is -0.497 e. The summed E-state index contributed by atoms with van der Waals surface area (Å²) in [4.78, 5) is 27.8. The van der Waals surface area contributed by atoms with E-state index in [1.807, 2.05) is 48.5 Å². The molecule has 1 aromatic heterocycles. The molecular formula is C26H30N4O3S. The molecule has 2 amide bonds. The molecule has 0 spiro atoms. The normalized spacial score (nSPS) is 15.4. The molecule has 1 atom stereocenters. The van der Waals surface area contributed by atoms with Gasteiger partial charge < -0.3 is 9.64 Å². The van der Waals surface area contributed by atoms with Gasteiger partial charge in [0, 0.05) is 17.7 Å². The molecule has 178 valence electrons. The van der Waals surface area contributed by atoms with E-state index in [0.717, 1.165) is 30.6 Å². The van der Waals surface area contributed by atoms with Gasteiger partial charge in [-0.1, -0.05) is 55.4 Å². The van der Waals surface area contributed by atoms with Crippen LogP contribution in [0.25, 0.3) is 10.6 Å². The predicted molar refractivity (Wildman–Crippen MR) is 134 cm³/mol. The number of likely N-dealkylation sites (tertiary alicyclic amines) is 1. The Labute approximate surface area is 204 Å². The van der Waals surface area contributed by atoms with Crippen LogP contribution in [0, 0.1) is 0 Å². The first-order valence-electron chi connectivity index (χ1n) is 11.8. The fourth-order valence-electron chi connectivity index (χ4n) is 4.18. The Morgan fingerprint density at radius 3 is 2.74 bits per heavy atom. The summed E-state index contributed by atoms with van der Waals surface area (Å²) >= 11 is 1.29. The molecule has 1 fully saturated rings. The zero-order valence-electron chi connectivity index (χ0n) is 19.6. The highest BCUT2D eigenvalue weighted by Gasteiger charge is 2.35. The first-order valence-corrected chi connectivity index (χ1v) is 12.6. The zero-order valence-corrected chi connectivity index (χ0v) is 20.4. The molecular weight excluding hydrogens is 448 g/mol. The summed E-state index contributed by atoms with van der Waals surface area (Å²) < 4.78 is 5.26. The number of carbonyl (C=O) groups is 2. The number of carbonyl (C=O) groups excluding carboxylic acids is 2. The smallest absolute Gasteiger partial charge is 0.254 e. The van der Waals surface area contributed by atoms with Crippen LogP contribution in [0.2, 0.25) is 0 Å². The fraction of sp³-hybridized carbons (Fsp3) is 0.385.